The van der Waals surface area contributed by atoms with E-state index in [9.17, 15) is 8.42 Å². The summed E-state index contributed by atoms with van der Waals surface area (Å²) in [6.45, 7) is 1.19. The maximum Gasteiger partial charge on any atom is 0.254 e. The number of hydrogen-bond acceptors (Lipinski definition) is 6. The van der Waals surface area contributed by atoms with E-state index in [-0.39, 0.29) is 8.68 Å². The van der Waals surface area contributed by atoms with Gasteiger partial charge in [-0.15, -0.1) is 0 Å². The van der Waals surface area contributed by atoms with Crippen molar-refractivity contribution >= 4 is 44.7 Å². The fourth-order valence-electron chi connectivity index (χ4n) is 3.59. The molecular formula is C14H17ClN4O2S3. The van der Waals surface area contributed by atoms with Crippen LogP contribution < -0.4 is 0 Å². The smallest absolute Gasteiger partial charge is 0.254 e. The summed E-state index contributed by atoms with van der Waals surface area (Å²) < 4.78 is 29.5. The van der Waals surface area contributed by atoms with Gasteiger partial charge >= 0.3 is 0 Å². The van der Waals surface area contributed by atoms with E-state index in [2.05, 4.69) is 9.97 Å². The summed E-state index contributed by atoms with van der Waals surface area (Å²) in [6, 6.07) is 0. The van der Waals surface area contributed by atoms with Crippen molar-refractivity contribution in [3.63, 3.8) is 0 Å². The van der Waals surface area contributed by atoms with E-state index >= 15 is 0 Å². The van der Waals surface area contributed by atoms with Gasteiger partial charge in [0.2, 0.25) is 0 Å². The molecule has 10 heteroatoms. The number of halogens is 1. The van der Waals surface area contributed by atoms with E-state index in [0.29, 0.717) is 30.2 Å². The maximum atomic E-state index is 12.7. The van der Waals surface area contributed by atoms with Crippen LogP contribution in [0.25, 0.3) is 0 Å². The quantitative estimate of drug-likeness (QED) is 0.783. The number of nitrogens with zero attached hydrogens (tertiary/aromatic N) is 4. The van der Waals surface area contributed by atoms with Gasteiger partial charge < -0.3 is 4.57 Å². The van der Waals surface area contributed by atoms with E-state index in [1.807, 2.05) is 35.8 Å². The van der Waals surface area contributed by atoms with Crippen molar-refractivity contribution in [3.05, 3.63) is 23.1 Å². The molecule has 3 heterocycles. The molecule has 2 aliphatic rings. The molecule has 2 aromatic rings. The molecule has 2 fully saturated rings. The van der Waals surface area contributed by atoms with Crippen LogP contribution in [0.2, 0.25) is 4.47 Å². The van der Waals surface area contributed by atoms with Gasteiger partial charge in [-0.2, -0.15) is 4.31 Å². The summed E-state index contributed by atoms with van der Waals surface area (Å²) >= 11 is 8.61. The lowest BCUT2D eigenvalue weighted by Crippen LogP contribution is -2.29. The van der Waals surface area contributed by atoms with Gasteiger partial charge in [0.15, 0.2) is 13.8 Å². The number of aryl methyl sites for hydroxylation is 1. The molecule has 0 radical (unpaired) electrons. The summed E-state index contributed by atoms with van der Waals surface area (Å²) in [6.07, 6.45) is 7.20. The van der Waals surface area contributed by atoms with Crippen molar-refractivity contribution in [2.24, 2.45) is 18.9 Å². The number of thiazole rings is 1. The Labute approximate surface area is 154 Å². The number of thioether (sulfide) groups is 1. The van der Waals surface area contributed by atoms with Crippen LogP contribution in [0.5, 0.6) is 0 Å². The zero-order valence-corrected chi connectivity index (χ0v) is 16.2. The maximum absolute atomic E-state index is 12.7. The summed E-state index contributed by atoms with van der Waals surface area (Å²) in [5.41, 5.74) is 0. The lowest BCUT2D eigenvalue weighted by molar-refractivity contribution is 0.448. The topological polar surface area (TPSA) is 68.1 Å². The van der Waals surface area contributed by atoms with E-state index in [1.165, 1.54) is 6.20 Å². The molecule has 24 heavy (non-hydrogen) atoms. The highest BCUT2D eigenvalue weighted by Gasteiger charge is 2.45. The van der Waals surface area contributed by atoms with Crippen LogP contribution in [0, 0.1) is 11.8 Å². The zero-order chi connectivity index (χ0) is 16.9. The molecule has 130 valence electrons. The average molecular weight is 405 g/mol. The van der Waals surface area contributed by atoms with Crippen LogP contribution in [-0.4, -0.2) is 45.6 Å². The van der Waals surface area contributed by atoms with E-state index in [0.717, 1.165) is 29.3 Å². The van der Waals surface area contributed by atoms with Crippen molar-refractivity contribution in [2.45, 2.75) is 27.5 Å². The molecule has 0 amide bonds. The molecule has 2 aromatic heterocycles. The SMILES string of the molecule is Cn1ccnc1S[C@H]1C[C@@H]2CN(S(=O)(=O)c3cnc(Cl)s3)C[C@@H]2C1. The Bertz CT molecular complexity index is 836. The van der Waals surface area contributed by atoms with Crippen LogP contribution in [-0.2, 0) is 17.1 Å². The van der Waals surface area contributed by atoms with Gasteiger partial charge in [-0.3, -0.25) is 0 Å². The minimum absolute atomic E-state index is 0.242. The second kappa shape index (κ2) is 6.28. The largest absolute Gasteiger partial charge is 0.329 e. The highest BCUT2D eigenvalue weighted by atomic mass is 35.5. The predicted octanol–water partition coefficient (Wildman–Crippen LogP) is 2.72. The van der Waals surface area contributed by atoms with Crippen LogP contribution in [0.15, 0.2) is 28.0 Å². The van der Waals surface area contributed by atoms with Gasteiger partial charge in [-0.1, -0.05) is 34.7 Å². The highest BCUT2D eigenvalue weighted by Crippen LogP contribution is 2.46. The summed E-state index contributed by atoms with van der Waals surface area (Å²) in [5.74, 6) is 0.863. The summed E-state index contributed by atoms with van der Waals surface area (Å²) in [7, 11) is -1.45. The standard InChI is InChI=1S/C14H17ClN4O2S3/c1-18-3-2-16-14(18)22-11-4-9-7-19(8-10(9)5-11)24(20,21)12-6-17-13(15)23-12/h2-3,6,9-11H,4-5,7-8H2,1H3/t9-,10+,11+. The fourth-order valence-corrected chi connectivity index (χ4v) is 7.93. The molecule has 0 unspecified atom stereocenters. The molecule has 1 aliphatic heterocycles. The molecule has 0 aromatic carbocycles. The first-order valence-electron chi connectivity index (χ1n) is 7.69. The Morgan fingerprint density at radius 3 is 2.54 bits per heavy atom. The van der Waals surface area contributed by atoms with Gasteiger partial charge in [0.1, 0.15) is 0 Å². The van der Waals surface area contributed by atoms with Crippen LogP contribution >= 0.6 is 34.7 Å². The van der Waals surface area contributed by atoms with Crippen LogP contribution in [0.3, 0.4) is 0 Å². The third-order valence-corrected chi connectivity index (χ3v) is 9.48. The normalized spacial score (nSPS) is 27.7. The molecule has 1 aliphatic carbocycles. The first-order valence-corrected chi connectivity index (χ1v) is 11.2. The molecule has 3 atom stereocenters. The Morgan fingerprint density at radius 2 is 2.00 bits per heavy atom. The second-order valence-electron chi connectivity index (χ2n) is 6.31. The third kappa shape index (κ3) is 3.01. The molecule has 0 spiro atoms. The van der Waals surface area contributed by atoms with E-state index in [4.69, 9.17) is 11.6 Å². The molecule has 1 saturated heterocycles. The van der Waals surface area contributed by atoms with Crippen molar-refractivity contribution in [2.75, 3.05) is 13.1 Å². The third-order valence-electron chi connectivity index (χ3n) is 4.77. The van der Waals surface area contributed by atoms with Crippen molar-refractivity contribution in [1.29, 1.82) is 0 Å². The predicted molar refractivity (Wildman–Crippen MR) is 94.9 cm³/mol. The Kier molecular flexibility index (Phi) is 4.41. The molecule has 0 N–H and O–H groups in total. The second-order valence-corrected chi connectivity index (χ2v) is 11.4. The minimum atomic E-state index is -3.45. The van der Waals surface area contributed by atoms with Crippen molar-refractivity contribution in [3.8, 4) is 0 Å². The number of fused-ring (bicyclic) bond motifs is 1. The zero-order valence-electron chi connectivity index (χ0n) is 13.0. The number of sulfonamides is 1. The highest BCUT2D eigenvalue weighted by molar-refractivity contribution is 7.99. The molecular weight excluding hydrogens is 388 g/mol. The van der Waals surface area contributed by atoms with Crippen molar-refractivity contribution < 1.29 is 8.42 Å². The lowest BCUT2D eigenvalue weighted by Gasteiger charge is -2.17. The minimum Gasteiger partial charge on any atom is -0.329 e. The first-order chi connectivity index (χ1) is 11.4. The number of imidazole rings is 1. The van der Waals surface area contributed by atoms with Gasteiger partial charge in [0.25, 0.3) is 10.0 Å². The van der Waals surface area contributed by atoms with E-state index in [1.54, 1.807) is 4.31 Å². The number of rotatable bonds is 4. The average Bonchev–Trinajstić information content (AvgIpc) is 3.25. The number of aromatic nitrogens is 3. The van der Waals surface area contributed by atoms with Crippen LogP contribution in [0.1, 0.15) is 12.8 Å². The number of hydrogen-bond donors (Lipinski definition) is 0. The lowest BCUT2D eigenvalue weighted by atomic mass is 10.0. The first kappa shape index (κ1) is 16.8. The summed E-state index contributed by atoms with van der Waals surface area (Å²) in [5, 5.41) is 1.55. The molecule has 1 saturated carbocycles. The Hall–Kier alpha value is -0.610. The van der Waals surface area contributed by atoms with Gasteiger partial charge in [0.05, 0.1) is 6.20 Å². The molecule has 0 bridgehead atoms. The Morgan fingerprint density at radius 1 is 1.29 bits per heavy atom. The van der Waals surface area contributed by atoms with Gasteiger partial charge in [-0.25, -0.2) is 18.4 Å². The molecule has 6 nitrogen and oxygen atoms in total. The molecule has 4 rings (SSSR count). The monoisotopic (exact) mass is 404 g/mol. The van der Waals surface area contributed by atoms with Gasteiger partial charge in [0, 0.05) is 37.8 Å². The Balaban J connectivity index is 1.42. The van der Waals surface area contributed by atoms with E-state index < -0.39 is 10.0 Å². The fraction of sp³-hybridized carbons (Fsp3) is 0.571. The van der Waals surface area contributed by atoms with Gasteiger partial charge in [-0.05, 0) is 24.7 Å². The summed E-state index contributed by atoms with van der Waals surface area (Å²) in [4.78, 5) is 8.22. The van der Waals surface area contributed by atoms with Crippen LogP contribution in [0.4, 0.5) is 0 Å². The van der Waals surface area contributed by atoms with Crippen molar-refractivity contribution in [1.82, 2.24) is 18.8 Å².